The van der Waals surface area contributed by atoms with Crippen LogP contribution in [0.25, 0.3) is 0 Å². The fourth-order valence-corrected chi connectivity index (χ4v) is 1.27. The molecule has 1 aromatic rings. The summed E-state index contributed by atoms with van der Waals surface area (Å²) in [7, 11) is 0. The highest BCUT2D eigenvalue weighted by Gasteiger charge is 2.30. The van der Waals surface area contributed by atoms with E-state index in [9.17, 15) is 0 Å². The van der Waals surface area contributed by atoms with Crippen LogP contribution < -0.4 is 4.74 Å². The minimum Gasteiger partial charge on any atom is -0.441 e. The van der Waals surface area contributed by atoms with Gasteiger partial charge >= 0.3 is 6.48 Å². The molecule has 1 aliphatic rings. The zero-order chi connectivity index (χ0) is 9.97. The van der Waals surface area contributed by atoms with Crippen LogP contribution in [0.3, 0.4) is 0 Å². The smallest absolute Gasteiger partial charge is 0.316 e. The van der Waals surface area contributed by atoms with Gasteiger partial charge in [0.25, 0.3) is 0 Å². The first-order valence-electron chi connectivity index (χ1n) is 4.78. The Labute approximate surface area is 83.6 Å². The van der Waals surface area contributed by atoms with Gasteiger partial charge in [-0.2, -0.15) is 0 Å². The summed E-state index contributed by atoms with van der Waals surface area (Å²) < 4.78 is 16.3. The summed E-state index contributed by atoms with van der Waals surface area (Å²) in [6, 6.07) is 9.52. The Morgan fingerprint density at radius 1 is 1.00 bits per heavy atom. The van der Waals surface area contributed by atoms with Crippen molar-refractivity contribution in [3.63, 3.8) is 0 Å². The van der Waals surface area contributed by atoms with Crippen molar-refractivity contribution in [3.8, 4) is 5.75 Å². The molecule has 0 saturated carbocycles. The van der Waals surface area contributed by atoms with Crippen molar-refractivity contribution in [3.05, 3.63) is 30.3 Å². The van der Waals surface area contributed by atoms with Gasteiger partial charge < -0.3 is 14.2 Å². The van der Waals surface area contributed by atoms with E-state index in [0.717, 1.165) is 5.75 Å². The predicted octanol–water partition coefficient (Wildman–Crippen LogP) is 2.17. The third kappa shape index (κ3) is 2.05. The molecule has 0 unspecified atom stereocenters. The lowest BCUT2D eigenvalue weighted by molar-refractivity contribution is -0.190. The van der Waals surface area contributed by atoms with Crippen LogP contribution in [0.15, 0.2) is 30.3 Å². The van der Waals surface area contributed by atoms with E-state index in [0.29, 0.717) is 0 Å². The summed E-state index contributed by atoms with van der Waals surface area (Å²) in [5.74, 6) is 0.763. The van der Waals surface area contributed by atoms with Gasteiger partial charge in [0.05, 0.1) is 12.2 Å². The maximum absolute atomic E-state index is 5.47. The Kier molecular flexibility index (Phi) is 2.70. The van der Waals surface area contributed by atoms with Gasteiger partial charge in [0.1, 0.15) is 5.75 Å². The van der Waals surface area contributed by atoms with Crippen LogP contribution in [0, 0.1) is 0 Å². The molecule has 0 radical (unpaired) electrons. The minimum atomic E-state index is -0.567. The summed E-state index contributed by atoms with van der Waals surface area (Å²) in [6.45, 7) is 3.38. The van der Waals surface area contributed by atoms with E-state index in [4.69, 9.17) is 14.2 Å². The van der Waals surface area contributed by atoms with Crippen molar-refractivity contribution in [1.29, 1.82) is 0 Å². The van der Waals surface area contributed by atoms with Gasteiger partial charge in [0.2, 0.25) is 0 Å². The Morgan fingerprint density at radius 3 is 2.14 bits per heavy atom. The lowest BCUT2D eigenvalue weighted by Gasteiger charge is -2.11. The van der Waals surface area contributed by atoms with Gasteiger partial charge in [-0.3, -0.25) is 0 Å². The molecule has 0 aliphatic carbocycles. The second-order valence-corrected chi connectivity index (χ2v) is 3.40. The Hall–Kier alpha value is -1.06. The van der Waals surface area contributed by atoms with Gasteiger partial charge in [-0.05, 0) is 26.0 Å². The van der Waals surface area contributed by atoms with E-state index in [1.54, 1.807) is 0 Å². The summed E-state index contributed by atoms with van der Waals surface area (Å²) in [5, 5.41) is 0. The highest BCUT2D eigenvalue weighted by molar-refractivity contribution is 5.20. The first-order chi connectivity index (χ1) is 6.75. The molecule has 3 heteroatoms. The largest absolute Gasteiger partial charge is 0.441 e. The molecule has 0 aromatic heterocycles. The van der Waals surface area contributed by atoms with E-state index in [-0.39, 0.29) is 12.2 Å². The van der Waals surface area contributed by atoms with Crippen LogP contribution >= 0.6 is 0 Å². The maximum atomic E-state index is 5.47. The second-order valence-electron chi connectivity index (χ2n) is 3.40. The number of ether oxygens (including phenoxy) is 3. The second kappa shape index (κ2) is 3.98. The molecule has 0 spiro atoms. The van der Waals surface area contributed by atoms with Crippen LogP contribution in [-0.4, -0.2) is 18.7 Å². The van der Waals surface area contributed by atoms with Gasteiger partial charge in [-0.25, -0.2) is 0 Å². The van der Waals surface area contributed by atoms with E-state index < -0.39 is 6.48 Å². The summed E-state index contributed by atoms with van der Waals surface area (Å²) >= 11 is 0. The highest BCUT2D eigenvalue weighted by atomic mass is 16.9. The molecule has 1 saturated heterocycles. The molecule has 1 heterocycles. The zero-order valence-corrected chi connectivity index (χ0v) is 8.34. The number of hydrogen-bond acceptors (Lipinski definition) is 3. The van der Waals surface area contributed by atoms with E-state index >= 15 is 0 Å². The molecular formula is C11H14O3. The van der Waals surface area contributed by atoms with Crippen molar-refractivity contribution in [2.45, 2.75) is 32.5 Å². The average molecular weight is 194 g/mol. The normalized spacial score (nSPS) is 27.9. The number of rotatable bonds is 2. The van der Waals surface area contributed by atoms with Crippen LogP contribution in [0.1, 0.15) is 13.8 Å². The quantitative estimate of drug-likeness (QED) is 0.722. The lowest BCUT2D eigenvalue weighted by Crippen LogP contribution is -2.17. The number of hydrogen-bond donors (Lipinski definition) is 0. The molecule has 2 rings (SSSR count). The van der Waals surface area contributed by atoms with Crippen molar-refractivity contribution in [2.75, 3.05) is 0 Å². The third-order valence-electron chi connectivity index (χ3n) is 2.29. The molecule has 0 N–H and O–H groups in total. The molecule has 0 amide bonds. The van der Waals surface area contributed by atoms with Crippen molar-refractivity contribution >= 4 is 0 Å². The molecule has 1 fully saturated rings. The summed E-state index contributed by atoms with van der Waals surface area (Å²) in [4.78, 5) is 0. The zero-order valence-electron chi connectivity index (χ0n) is 8.34. The monoisotopic (exact) mass is 194 g/mol. The van der Waals surface area contributed by atoms with Crippen LogP contribution in [0.5, 0.6) is 5.75 Å². The number of para-hydroxylation sites is 1. The van der Waals surface area contributed by atoms with Crippen LogP contribution in [-0.2, 0) is 9.47 Å². The minimum absolute atomic E-state index is 0.0868. The topological polar surface area (TPSA) is 27.7 Å². The van der Waals surface area contributed by atoms with Crippen molar-refractivity contribution in [1.82, 2.24) is 0 Å². The van der Waals surface area contributed by atoms with E-state index in [1.165, 1.54) is 0 Å². The lowest BCUT2D eigenvalue weighted by atomic mass is 10.3. The van der Waals surface area contributed by atoms with Gasteiger partial charge in [-0.1, -0.05) is 18.2 Å². The Morgan fingerprint density at radius 2 is 1.57 bits per heavy atom. The summed E-state index contributed by atoms with van der Waals surface area (Å²) in [5.41, 5.74) is 0. The molecule has 1 aliphatic heterocycles. The average Bonchev–Trinajstić information content (AvgIpc) is 2.47. The Bertz CT molecular complexity index is 276. The standard InChI is InChI=1S/C11H14O3/c1-8-9(2)13-11(12-8)14-10-6-4-3-5-7-10/h3-9,11H,1-2H3/t8-,9-/m0/s1. The van der Waals surface area contributed by atoms with Crippen LogP contribution in [0.4, 0.5) is 0 Å². The first kappa shape index (κ1) is 9.49. The number of benzene rings is 1. The van der Waals surface area contributed by atoms with Crippen LogP contribution in [0.2, 0.25) is 0 Å². The van der Waals surface area contributed by atoms with Gasteiger partial charge in [0, 0.05) is 0 Å². The molecular weight excluding hydrogens is 180 g/mol. The molecule has 0 bridgehead atoms. The van der Waals surface area contributed by atoms with Gasteiger partial charge in [-0.15, -0.1) is 0 Å². The highest BCUT2D eigenvalue weighted by Crippen LogP contribution is 2.21. The molecule has 2 atom stereocenters. The summed E-state index contributed by atoms with van der Waals surface area (Å²) in [6.07, 6.45) is 0.174. The van der Waals surface area contributed by atoms with Gasteiger partial charge in [0.15, 0.2) is 0 Å². The van der Waals surface area contributed by atoms with Crippen molar-refractivity contribution < 1.29 is 14.2 Å². The molecule has 76 valence electrons. The maximum Gasteiger partial charge on any atom is 0.316 e. The predicted molar refractivity (Wildman–Crippen MR) is 52.0 cm³/mol. The molecule has 3 nitrogen and oxygen atoms in total. The molecule has 1 aromatic carbocycles. The van der Waals surface area contributed by atoms with Crippen molar-refractivity contribution in [2.24, 2.45) is 0 Å². The van der Waals surface area contributed by atoms with E-state index in [1.807, 2.05) is 44.2 Å². The SMILES string of the molecule is C[C@@H]1OC(Oc2ccccc2)O[C@H]1C. The fourth-order valence-electron chi connectivity index (χ4n) is 1.27. The molecule has 14 heavy (non-hydrogen) atoms. The third-order valence-corrected chi connectivity index (χ3v) is 2.29. The Balaban J connectivity index is 1.94. The van der Waals surface area contributed by atoms with E-state index in [2.05, 4.69) is 0 Å². The first-order valence-corrected chi connectivity index (χ1v) is 4.78. The fraction of sp³-hybridized carbons (Fsp3) is 0.455.